The van der Waals surface area contributed by atoms with Gasteiger partial charge in [0.25, 0.3) is 0 Å². The maximum Gasteiger partial charge on any atom is 0.168 e. The molecular weight excluding hydrogens is 180 g/mol. The Kier molecular flexibility index (Phi) is 1.15. The highest BCUT2D eigenvalue weighted by atomic mass is 16.6. The van der Waals surface area contributed by atoms with E-state index in [1.165, 1.54) is 0 Å². The van der Waals surface area contributed by atoms with Crippen LogP contribution in [0.25, 0.3) is 0 Å². The molecule has 7 atom stereocenters. The maximum atomic E-state index is 11.9. The van der Waals surface area contributed by atoms with Crippen molar-refractivity contribution in [2.24, 2.45) is 23.7 Å². The van der Waals surface area contributed by atoms with Crippen LogP contribution in [0.2, 0.25) is 0 Å². The van der Waals surface area contributed by atoms with Gasteiger partial charge in [-0.05, 0) is 18.3 Å². The summed E-state index contributed by atoms with van der Waals surface area (Å²) in [5, 5.41) is 10.0. The van der Waals surface area contributed by atoms with Gasteiger partial charge in [-0.3, -0.25) is 4.79 Å². The molecule has 0 aromatic rings. The molecule has 2 bridgehead atoms. The molecule has 1 N–H and O–H groups in total. The first-order valence-electron chi connectivity index (χ1n) is 5.33. The summed E-state index contributed by atoms with van der Waals surface area (Å²) in [5.74, 6) is 1.28. The van der Waals surface area contributed by atoms with Gasteiger partial charge in [-0.2, -0.15) is 0 Å². The van der Waals surface area contributed by atoms with Crippen molar-refractivity contribution in [3.05, 3.63) is 12.2 Å². The van der Waals surface area contributed by atoms with E-state index < -0.39 is 6.10 Å². The molecule has 4 rings (SSSR count). The number of fused-ring (bicyclic) bond motifs is 6. The molecule has 0 radical (unpaired) electrons. The summed E-state index contributed by atoms with van der Waals surface area (Å²) in [4.78, 5) is 11.9. The number of aliphatic hydroxyl groups excluding tert-OH is 1. The zero-order valence-electron chi connectivity index (χ0n) is 7.67. The number of ketones is 1. The van der Waals surface area contributed by atoms with E-state index in [4.69, 9.17) is 4.74 Å². The zero-order chi connectivity index (χ0) is 9.45. The van der Waals surface area contributed by atoms with E-state index in [2.05, 4.69) is 12.2 Å². The summed E-state index contributed by atoms with van der Waals surface area (Å²) in [5.41, 5.74) is 0. The largest absolute Gasteiger partial charge is 0.390 e. The van der Waals surface area contributed by atoms with Gasteiger partial charge in [-0.25, -0.2) is 0 Å². The highest BCUT2D eigenvalue weighted by molar-refractivity contribution is 5.91. The summed E-state index contributed by atoms with van der Waals surface area (Å²) in [6, 6.07) is 0. The minimum absolute atomic E-state index is 0.0590. The minimum atomic E-state index is -0.400. The third-order valence-electron chi connectivity index (χ3n) is 4.39. The molecule has 1 aliphatic heterocycles. The Bertz CT molecular complexity index is 348. The number of carbonyl (C=O) groups is 1. The second-order valence-electron chi connectivity index (χ2n) is 4.97. The fourth-order valence-corrected chi connectivity index (χ4v) is 3.75. The Morgan fingerprint density at radius 2 is 2.14 bits per heavy atom. The summed E-state index contributed by atoms with van der Waals surface area (Å²) < 4.78 is 5.24. The Balaban J connectivity index is 1.80. The molecule has 1 heterocycles. The van der Waals surface area contributed by atoms with Crippen molar-refractivity contribution in [2.75, 3.05) is 0 Å². The van der Waals surface area contributed by atoms with E-state index in [1.54, 1.807) is 0 Å². The van der Waals surface area contributed by atoms with Crippen molar-refractivity contribution in [3.63, 3.8) is 0 Å². The minimum Gasteiger partial charge on any atom is -0.390 e. The molecule has 14 heavy (non-hydrogen) atoms. The Labute approximate surface area is 81.7 Å². The lowest BCUT2D eigenvalue weighted by molar-refractivity contribution is -0.129. The second-order valence-corrected chi connectivity index (χ2v) is 4.97. The average molecular weight is 192 g/mol. The fourth-order valence-electron chi connectivity index (χ4n) is 3.75. The number of allylic oxidation sites excluding steroid dienone is 2. The molecule has 4 aliphatic rings. The number of hydrogen-bond acceptors (Lipinski definition) is 3. The van der Waals surface area contributed by atoms with E-state index in [9.17, 15) is 9.90 Å². The molecule has 0 spiro atoms. The predicted molar refractivity (Wildman–Crippen MR) is 47.4 cm³/mol. The Hall–Kier alpha value is -0.670. The van der Waals surface area contributed by atoms with E-state index in [1.807, 2.05) is 0 Å². The standard InChI is InChI=1S/C11H12O3/c12-8-6-4-1-2-5(3-4)7(6)9(13)11-10(8)14-11/h1-2,4-8,10-12H,3H2/t4?,5?,6-,7+,8+,10+,11-/m1/s1. The molecule has 74 valence electrons. The van der Waals surface area contributed by atoms with Gasteiger partial charge in [0.15, 0.2) is 5.78 Å². The van der Waals surface area contributed by atoms with Crippen LogP contribution in [0.15, 0.2) is 12.2 Å². The molecule has 3 aliphatic carbocycles. The number of ether oxygens (including phenoxy) is 1. The van der Waals surface area contributed by atoms with Crippen LogP contribution in [0.4, 0.5) is 0 Å². The first-order chi connectivity index (χ1) is 6.77. The van der Waals surface area contributed by atoms with E-state index in [0.717, 1.165) is 6.42 Å². The van der Waals surface area contributed by atoms with Crippen LogP contribution >= 0.6 is 0 Å². The van der Waals surface area contributed by atoms with E-state index in [-0.39, 0.29) is 29.8 Å². The molecule has 2 saturated carbocycles. The van der Waals surface area contributed by atoms with Crippen LogP contribution in [-0.2, 0) is 9.53 Å². The molecule has 2 unspecified atom stereocenters. The smallest absolute Gasteiger partial charge is 0.168 e. The van der Waals surface area contributed by atoms with Crippen molar-refractivity contribution in [1.29, 1.82) is 0 Å². The van der Waals surface area contributed by atoms with Crippen molar-refractivity contribution >= 4 is 5.78 Å². The highest BCUT2D eigenvalue weighted by Gasteiger charge is 2.65. The van der Waals surface area contributed by atoms with Gasteiger partial charge in [0.2, 0.25) is 0 Å². The number of aliphatic hydroxyl groups is 1. The normalized spacial score (nSPS) is 62.6. The lowest BCUT2D eigenvalue weighted by Crippen LogP contribution is -2.45. The van der Waals surface area contributed by atoms with Gasteiger partial charge in [0.05, 0.1) is 6.10 Å². The van der Waals surface area contributed by atoms with Gasteiger partial charge in [-0.15, -0.1) is 0 Å². The van der Waals surface area contributed by atoms with Crippen LogP contribution in [-0.4, -0.2) is 29.2 Å². The van der Waals surface area contributed by atoms with Gasteiger partial charge in [0.1, 0.15) is 12.2 Å². The lowest BCUT2D eigenvalue weighted by atomic mass is 9.71. The fraction of sp³-hybridized carbons (Fsp3) is 0.727. The second kappa shape index (κ2) is 2.12. The Morgan fingerprint density at radius 1 is 1.36 bits per heavy atom. The third kappa shape index (κ3) is 0.675. The SMILES string of the molecule is O=C1[C@H]2O[C@H]2[C@@H](O)[C@@H]2C3C=CC(C3)[C@H]12. The molecule has 3 nitrogen and oxygen atoms in total. The molecule has 0 aromatic carbocycles. The van der Waals surface area contributed by atoms with E-state index in [0.29, 0.717) is 11.8 Å². The quantitative estimate of drug-likeness (QED) is 0.438. The monoisotopic (exact) mass is 192 g/mol. The highest BCUT2D eigenvalue weighted by Crippen LogP contribution is 2.56. The topological polar surface area (TPSA) is 49.8 Å². The summed E-state index contributed by atoms with van der Waals surface area (Å²) in [6.07, 6.45) is 4.56. The van der Waals surface area contributed by atoms with Gasteiger partial charge >= 0.3 is 0 Å². The zero-order valence-corrected chi connectivity index (χ0v) is 7.67. The number of hydrogen-bond donors (Lipinski definition) is 1. The van der Waals surface area contributed by atoms with Crippen molar-refractivity contribution < 1.29 is 14.6 Å². The number of Topliss-reactive ketones (excluding diaryl/α,β-unsaturated/α-hetero) is 1. The van der Waals surface area contributed by atoms with E-state index >= 15 is 0 Å². The summed E-state index contributed by atoms with van der Waals surface area (Å²) >= 11 is 0. The van der Waals surface area contributed by atoms with Gasteiger partial charge in [0, 0.05) is 11.8 Å². The average Bonchev–Trinajstić information content (AvgIpc) is 2.74. The van der Waals surface area contributed by atoms with Crippen molar-refractivity contribution in [1.82, 2.24) is 0 Å². The summed E-state index contributed by atoms with van der Waals surface area (Å²) in [6.45, 7) is 0. The number of rotatable bonds is 0. The number of epoxide rings is 1. The van der Waals surface area contributed by atoms with Crippen LogP contribution in [0.5, 0.6) is 0 Å². The Morgan fingerprint density at radius 3 is 3.00 bits per heavy atom. The predicted octanol–water partition coefficient (Wildman–Crippen LogP) is 0.136. The van der Waals surface area contributed by atoms with Gasteiger partial charge in [-0.1, -0.05) is 12.2 Å². The van der Waals surface area contributed by atoms with Crippen LogP contribution < -0.4 is 0 Å². The molecule has 3 fully saturated rings. The third-order valence-corrected chi connectivity index (χ3v) is 4.39. The lowest BCUT2D eigenvalue weighted by Gasteiger charge is -2.32. The molecule has 3 heteroatoms. The molecule has 0 amide bonds. The first-order valence-corrected chi connectivity index (χ1v) is 5.33. The molecular formula is C11H12O3. The van der Waals surface area contributed by atoms with Crippen molar-refractivity contribution in [3.8, 4) is 0 Å². The molecule has 1 saturated heterocycles. The molecule has 0 aromatic heterocycles. The van der Waals surface area contributed by atoms with Crippen LogP contribution in [0.1, 0.15) is 6.42 Å². The van der Waals surface area contributed by atoms with Crippen LogP contribution in [0.3, 0.4) is 0 Å². The van der Waals surface area contributed by atoms with Gasteiger partial charge < -0.3 is 9.84 Å². The first kappa shape index (κ1) is 7.60. The van der Waals surface area contributed by atoms with Crippen molar-refractivity contribution in [2.45, 2.75) is 24.7 Å². The maximum absolute atomic E-state index is 11.9. The number of carbonyl (C=O) groups excluding carboxylic acids is 1. The van der Waals surface area contributed by atoms with Crippen LogP contribution in [0, 0.1) is 23.7 Å². The summed E-state index contributed by atoms with van der Waals surface area (Å²) in [7, 11) is 0.